The first-order valence-corrected chi connectivity index (χ1v) is 7.31. The molecule has 0 saturated heterocycles. The number of rotatable bonds is 5. The first-order valence-electron chi connectivity index (χ1n) is 6.51. The molecule has 0 fully saturated rings. The smallest absolute Gasteiger partial charge is 0.248 e. The molecule has 3 nitrogen and oxygen atoms in total. The lowest BCUT2D eigenvalue weighted by Gasteiger charge is -2.17. The Kier molecular flexibility index (Phi) is 4.40. The minimum Gasteiger partial charge on any atom is -0.316 e. The number of anilines is 1. The number of amides is 1. The van der Waals surface area contributed by atoms with Crippen LogP contribution in [0.25, 0.3) is 0 Å². The van der Waals surface area contributed by atoms with E-state index in [4.69, 9.17) is 5.73 Å². The van der Waals surface area contributed by atoms with Crippen LogP contribution < -0.4 is 10.6 Å². The highest BCUT2D eigenvalue weighted by Crippen LogP contribution is 2.36. The van der Waals surface area contributed by atoms with Crippen LogP contribution in [0.4, 0.5) is 5.69 Å². The van der Waals surface area contributed by atoms with Gasteiger partial charge in [-0.15, -0.1) is 0 Å². The van der Waals surface area contributed by atoms with Crippen LogP contribution in [0.2, 0.25) is 0 Å². The van der Waals surface area contributed by atoms with E-state index in [1.807, 2.05) is 23.1 Å². The highest BCUT2D eigenvalue weighted by atomic mass is 79.9. The van der Waals surface area contributed by atoms with Crippen molar-refractivity contribution in [2.75, 3.05) is 11.4 Å². The first kappa shape index (κ1) is 13.6. The van der Waals surface area contributed by atoms with Crippen LogP contribution in [0, 0.1) is 0 Å². The average Bonchev–Trinajstić information content (AvgIpc) is 2.59. The van der Waals surface area contributed by atoms with Crippen LogP contribution in [0.5, 0.6) is 0 Å². The molecule has 1 aliphatic rings. The topological polar surface area (TPSA) is 46.3 Å². The van der Waals surface area contributed by atoms with E-state index in [1.54, 1.807) is 0 Å². The molecule has 0 aliphatic carbocycles. The number of fused-ring (bicyclic) bond motifs is 1. The first-order chi connectivity index (χ1) is 8.65. The molecular formula is C14H19BrN2O. The van der Waals surface area contributed by atoms with Gasteiger partial charge in [0.25, 0.3) is 0 Å². The molecule has 0 saturated carbocycles. The lowest BCUT2D eigenvalue weighted by atomic mass is 10.1. The molecule has 1 aromatic rings. The highest BCUT2D eigenvalue weighted by Gasteiger charge is 2.34. The van der Waals surface area contributed by atoms with Crippen molar-refractivity contribution in [1.82, 2.24) is 0 Å². The van der Waals surface area contributed by atoms with E-state index < -0.39 is 6.04 Å². The summed E-state index contributed by atoms with van der Waals surface area (Å²) in [5, 5.41) is 0. The van der Waals surface area contributed by atoms with Crippen molar-refractivity contribution < 1.29 is 4.79 Å². The Morgan fingerprint density at radius 2 is 2.11 bits per heavy atom. The Bertz CT molecular complexity index is 447. The van der Waals surface area contributed by atoms with E-state index in [1.165, 1.54) is 19.3 Å². The molecule has 18 heavy (non-hydrogen) atoms. The van der Waals surface area contributed by atoms with Crippen LogP contribution in [-0.2, 0) is 4.79 Å². The summed E-state index contributed by atoms with van der Waals surface area (Å²) < 4.78 is 0.988. The number of carbonyl (C=O) groups excluding carboxylic acids is 1. The van der Waals surface area contributed by atoms with Gasteiger partial charge in [0, 0.05) is 16.6 Å². The summed E-state index contributed by atoms with van der Waals surface area (Å²) in [6.07, 6.45) is 4.63. The average molecular weight is 311 g/mol. The maximum atomic E-state index is 12.1. The Morgan fingerprint density at radius 1 is 1.33 bits per heavy atom. The van der Waals surface area contributed by atoms with Crippen molar-refractivity contribution in [3.8, 4) is 0 Å². The summed E-state index contributed by atoms with van der Waals surface area (Å²) in [7, 11) is 0. The van der Waals surface area contributed by atoms with Crippen LogP contribution in [0.15, 0.2) is 22.7 Å². The van der Waals surface area contributed by atoms with Gasteiger partial charge in [0.1, 0.15) is 6.04 Å². The van der Waals surface area contributed by atoms with E-state index in [2.05, 4.69) is 22.9 Å². The third-order valence-corrected chi connectivity index (χ3v) is 3.88. The summed E-state index contributed by atoms with van der Waals surface area (Å²) in [6, 6.07) is 5.37. The number of hydrogen-bond donors (Lipinski definition) is 1. The maximum absolute atomic E-state index is 12.1. The van der Waals surface area contributed by atoms with Gasteiger partial charge in [0.05, 0.1) is 5.69 Å². The van der Waals surface area contributed by atoms with Gasteiger partial charge >= 0.3 is 0 Å². The highest BCUT2D eigenvalue weighted by molar-refractivity contribution is 9.10. The van der Waals surface area contributed by atoms with E-state index in [-0.39, 0.29) is 5.91 Å². The maximum Gasteiger partial charge on any atom is 0.248 e. The summed E-state index contributed by atoms with van der Waals surface area (Å²) in [5.74, 6) is 0.0274. The predicted molar refractivity (Wildman–Crippen MR) is 77.6 cm³/mol. The molecule has 1 unspecified atom stereocenters. The number of carbonyl (C=O) groups is 1. The van der Waals surface area contributed by atoms with E-state index in [9.17, 15) is 4.79 Å². The van der Waals surface area contributed by atoms with Gasteiger partial charge < -0.3 is 10.6 Å². The fraction of sp³-hybridized carbons (Fsp3) is 0.500. The summed E-state index contributed by atoms with van der Waals surface area (Å²) in [6.45, 7) is 2.96. The van der Waals surface area contributed by atoms with Gasteiger partial charge in [0.2, 0.25) is 5.91 Å². The lowest BCUT2D eigenvalue weighted by molar-refractivity contribution is -0.119. The zero-order valence-electron chi connectivity index (χ0n) is 10.7. The van der Waals surface area contributed by atoms with Gasteiger partial charge in [0.15, 0.2) is 0 Å². The molecule has 98 valence electrons. The molecule has 2 rings (SSSR count). The predicted octanol–water partition coefficient (Wildman–Crippen LogP) is 3.38. The van der Waals surface area contributed by atoms with Crippen LogP contribution in [0.1, 0.15) is 44.2 Å². The minimum atomic E-state index is -0.487. The fourth-order valence-electron chi connectivity index (χ4n) is 2.36. The fourth-order valence-corrected chi connectivity index (χ4v) is 2.71. The molecule has 2 N–H and O–H groups in total. The number of benzene rings is 1. The Labute approximate surface area is 116 Å². The Hall–Kier alpha value is -0.870. The number of halogens is 1. The molecule has 1 aromatic carbocycles. The van der Waals surface area contributed by atoms with Gasteiger partial charge in [-0.1, -0.05) is 48.2 Å². The summed E-state index contributed by atoms with van der Waals surface area (Å²) >= 11 is 3.45. The molecule has 1 aliphatic heterocycles. The number of hydrogen-bond acceptors (Lipinski definition) is 2. The standard InChI is InChI=1S/C14H19BrN2O/c1-2-3-4-5-8-17-12-9-10(15)6-7-11(12)13(16)14(17)18/h6-7,9,13H,2-5,8,16H2,1H3. The molecule has 0 bridgehead atoms. The van der Waals surface area contributed by atoms with Crippen LogP contribution >= 0.6 is 15.9 Å². The van der Waals surface area contributed by atoms with Crippen LogP contribution in [0.3, 0.4) is 0 Å². The zero-order valence-corrected chi connectivity index (χ0v) is 12.2. The van der Waals surface area contributed by atoms with Gasteiger partial charge in [-0.25, -0.2) is 0 Å². The van der Waals surface area contributed by atoms with Gasteiger partial charge in [-0.2, -0.15) is 0 Å². The van der Waals surface area contributed by atoms with Gasteiger partial charge in [-0.3, -0.25) is 4.79 Å². The van der Waals surface area contributed by atoms with E-state index in [0.717, 1.165) is 28.7 Å². The van der Waals surface area contributed by atoms with Gasteiger partial charge in [-0.05, 0) is 18.6 Å². The second-order valence-electron chi connectivity index (χ2n) is 4.73. The summed E-state index contributed by atoms with van der Waals surface area (Å²) in [4.78, 5) is 14.0. The Balaban J connectivity index is 2.12. The molecule has 1 amide bonds. The lowest BCUT2D eigenvalue weighted by Crippen LogP contribution is -2.32. The molecule has 4 heteroatoms. The third-order valence-electron chi connectivity index (χ3n) is 3.39. The van der Waals surface area contributed by atoms with Crippen molar-refractivity contribution in [2.45, 2.75) is 38.6 Å². The monoisotopic (exact) mass is 310 g/mol. The Morgan fingerprint density at radius 3 is 2.83 bits per heavy atom. The number of nitrogens with zero attached hydrogens (tertiary/aromatic N) is 1. The molecule has 0 spiro atoms. The molecule has 1 atom stereocenters. The van der Waals surface area contributed by atoms with Crippen molar-refractivity contribution >= 4 is 27.5 Å². The second kappa shape index (κ2) is 5.85. The minimum absolute atomic E-state index is 0.0274. The van der Waals surface area contributed by atoms with Crippen molar-refractivity contribution in [2.24, 2.45) is 5.73 Å². The summed E-state index contributed by atoms with van der Waals surface area (Å²) in [5.41, 5.74) is 7.87. The normalized spacial score (nSPS) is 18.3. The van der Waals surface area contributed by atoms with E-state index >= 15 is 0 Å². The van der Waals surface area contributed by atoms with Crippen molar-refractivity contribution in [3.05, 3.63) is 28.2 Å². The van der Waals surface area contributed by atoms with Crippen LogP contribution in [-0.4, -0.2) is 12.5 Å². The molecular weight excluding hydrogens is 292 g/mol. The van der Waals surface area contributed by atoms with Crippen molar-refractivity contribution in [1.29, 1.82) is 0 Å². The molecule has 1 heterocycles. The number of unbranched alkanes of at least 4 members (excludes halogenated alkanes) is 3. The van der Waals surface area contributed by atoms with E-state index in [0.29, 0.717) is 0 Å². The zero-order chi connectivity index (χ0) is 13.1. The number of nitrogens with two attached hydrogens (primary N) is 1. The third kappa shape index (κ3) is 2.59. The molecule has 0 aromatic heterocycles. The largest absolute Gasteiger partial charge is 0.316 e. The quantitative estimate of drug-likeness (QED) is 0.847. The molecule has 0 radical (unpaired) electrons. The SMILES string of the molecule is CCCCCCN1C(=O)C(N)c2ccc(Br)cc21. The van der Waals surface area contributed by atoms with Crippen molar-refractivity contribution in [3.63, 3.8) is 0 Å². The second-order valence-corrected chi connectivity index (χ2v) is 5.65.